The lowest BCUT2D eigenvalue weighted by Crippen LogP contribution is -2.11. The van der Waals surface area contributed by atoms with Crippen molar-refractivity contribution in [1.29, 1.82) is 0 Å². The fraction of sp³-hybridized carbons (Fsp3) is 0.778. The first kappa shape index (κ1) is 11.3. The first-order valence-electron chi connectivity index (χ1n) is 4.38. The summed E-state index contributed by atoms with van der Waals surface area (Å²) in [6, 6.07) is 0. The van der Waals surface area contributed by atoms with Gasteiger partial charge in [0, 0.05) is 12.3 Å². The second-order valence-electron chi connectivity index (χ2n) is 2.89. The second-order valence-corrected chi connectivity index (χ2v) is 2.89. The van der Waals surface area contributed by atoms with Crippen molar-refractivity contribution in [2.45, 2.75) is 25.7 Å². The minimum Gasteiger partial charge on any atom is -0.320 e. The van der Waals surface area contributed by atoms with E-state index in [4.69, 9.17) is 0 Å². The third-order valence-electron chi connectivity index (χ3n) is 1.85. The average molecular weight is 171 g/mol. The van der Waals surface area contributed by atoms with Crippen LogP contribution < -0.4 is 5.32 Å². The van der Waals surface area contributed by atoms with Gasteiger partial charge in [-0.25, -0.2) is 0 Å². The molecule has 0 aromatic rings. The maximum Gasteiger partial charge on any atom is 0.123 e. The molecule has 0 amide bonds. The lowest BCUT2D eigenvalue weighted by Gasteiger charge is -2.06. The van der Waals surface area contributed by atoms with Crippen LogP contribution in [0.1, 0.15) is 25.7 Å². The molecule has 0 aromatic carbocycles. The van der Waals surface area contributed by atoms with Crippen molar-refractivity contribution < 1.29 is 9.59 Å². The Labute approximate surface area is 73.5 Å². The van der Waals surface area contributed by atoms with Gasteiger partial charge in [-0.05, 0) is 32.9 Å². The van der Waals surface area contributed by atoms with Crippen molar-refractivity contribution in [3.05, 3.63) is 0 Å². The van der Waals surface area contributed by atoms with E-state index >= 15 is 0 Å². The Hall–Kier alpha value is -0.700. The summed E-state index contributed by atoms with van der Waals surface area (Å²) in [4.78, 5) is 20.5. The van der Waals surface area contributed by atoms with E-state index < -0.39 is 0 Å². The second kappa shape index (κ2) is 8.40. The van der Waals surface area contributed by atoms with Gasteiger partial charge in [0.2, 0.25) is 0 Å². The Balaban J connectivity index is 3.38. The molecule has 12 heavy (non-hydrogen) atoms. The summed E-state index contributed by atoms with van der Waals surface area (Å²) in [5.74, 6) is 0.0727. The van der Waals surface area contributed by atoms with Gasteiger partial charge >= 0.3 is 0 Å². The van der Waals surface area contributed by atoms with Gasteiger partial charge < -0.3 is 14.9 Å². The zero-order valence-electron chi connectivity index (χ0n) is 7.58. The monoisotopic (exact) mass is 171 g/mol. The molecule has 0 saturated heterocycles. The molecule has 0 saturated carbocycles. The topological polar surface area (TPSA) is 46.2 Å². The van der Waals surface area contributed by atoms with Crippen molar-refractivity contribution in [2.24, 2.45) is 5.92 Å². The Morgan fingerprint density at radius 1 is 1.33 bits per heavy atom. The predicted molar refractivity (Wildman–Crippen MR) is 48.0 cm³/mol. The van der Waals surface area contributed by atoms with E-state index in [0.29, 0.717) is 12.8 Å². The number of nitrogens with one attached hydrogen (secondary N) is 1. The highest BCUT2D eigenvalue weighted by molar-refractivity contribution is 5.55. The molecule has 0 unspecified atom stereocenters. The first-order valence-corrected chi connectivity index (χ1v) is 4.38. The molecular formula is C9H17NO2. The molecule has 0 fully saturated rings. The van der Waals surface area contributed by atoms with Gasteiger partial charge in [0.25, 0.3) is 0 Å². The Morgan fingerprint density at radius 2 is 2.08 bits per heavy atom. The van der Waals surface area contributed by atoms with Crippen molar-refractivity contribution in [3.8, 4) is 0 Å². The fourth-order valence-electron chi connectivity index (χ4n) is 1.10. The quantitative estimate of drug-likeness (QED) is 0.433. The molecule has 0 radical (unpaired) electrons. The first-order chi connectivity index (χ1) is 5.85. The molecule has 0 aliphatic carbocycles. The Kier molecular flexibility index (Phi) is 7.91. The molecule has 3 heteroatoms. The van der Waals surface area contributed by atoms with E-state index in [-0.39, 0.29) is 5.92 Å². The number of rotatable bonds is 8. The number of aldehydes is 2. The summed E-state index contributed by atoms with van der Waals surface area (Å²) in [6.45, 7) is 0.936. The molecule has 1 N–H and O–H groups in total. The Bertz CT molecular complexity index is 126. The summed E-state index contributed by atoms with van der Waals surface area (Å²) in [5, 5.41) is 3.02. The van der Waals surface area contributed by atoms with Crippen LogP contribution in [0.15, 0.2) is 0 Å². The third kappa shape index (κ3) is 6.04. The molecule has 0 rings (SSSR count). The van der Waals surface area contributed by atoms with Crippen LogP contribution in [0.5, 0.6) is 0 Å². The van der Waals surface area contributed by atoms with Crippen LogP contribution >= 0.6 is 0 Å². The highest BCUT2D eigenvalue weighted by atomic mass is 16.1. The summed E-state index contributed by atoms with van der Waals surface area (Å²) in [6.07, 6.45) is 4.92. The number of carbonyl (C=O) groups excluding carboxylic acids is 2. The van der Waals surface area contributed by atoms with Crippen molar-refractivity contribution >= 4 is 12.6 Å². The zero-order chi connectivity index (χ0) is 9.23. The van der Waals surface area contributed by atoms with Crippen LogP contribution in [0.2, 0.25) is 0 Å². The fourth-order valence-corrected chi connectivity index (χ4v) is 1.10. The standard InChI is InChI=1S/C9H17NO2/c1-10-6-2-4-9(8-12)5-3-7-11/h7-10H,2-6H2,1H3/t9-/m0/s1. The van der Waals surface area contributed by atoms with Crippen LogP contribution in [-0.2, 0) is 9.59 Å². The lowest BCUT2D eigenvalue weighted by molar-refractivity contribution is -0.112. The molecule has 0 heterocycles. The van der Waals surface area contributed by atoms with Gasteiger partial charge in [0.1, 0.15) is 12.6 Å². The van der Waals surface area contributed by atoms with Crippen LogP contribution in [-0.4, -0.2) is 26.2 Å². The molecule has 0 aromatic heterocycles. The van der Waals surface area contributed by atoms with Crippen LogP contribution in [0, 0.1) is 5.92 Å². The summed E-state index contributed by atoms with van der Waals surface area (Å²) in [7, 11) is 1.89. The summed E-state index contributed by atoms with van der Waals surface area (Å²) < 4.78 is 0. The van der Waals surface area contributed by atoms with Gasteiger partial charge in [-0.2, -0.15) is 0 Å². The zero-order valence-corrected chi connectivity index (χ0v) is 7.58. The highest BCUT2D eigenvalue weighted by Crippen LogP contribution is 2.09. The van der Waals surface area contributed by atoms with E-state index in [1.807, 2.05) is 7.05 Å². The number of hydrogen-bond donors (Lipinski definition) is 1. The van der Waals surface area contributed by atoms with Crippen LogP contribution in [0.25, 0.3) is 0 Å². The van der Waals surface area contributed by atoms with Gasteiger partial charge in [-0.3, -0.25) is 0 Å². The smallest absolute Gasteiger partial charge is 0.123 e. The minimum absolute atomic E-state index is 0.0727. The SMILES string of the molecule is CNCCC[C@H](C=O)CCC=O. The van der Waals surface area contributed by atoms with Gasteiger partial charge in [-0.15, -0.1) is 0 Å². The van der Waals surface area contributed by atoms with Gasteiger partial charge in [0.15, 0.2) is 0 Å². The predicted octanol–water partition coefficient (Wildman–Crippen LogP) is 0.780. The molecule has 0 aliphatic heterocycles. The molecule has 3 nitrogen and oxygen atoms in total. The average Bonchev–Trinajstić information content (AvgIpc) is 2.11. The van der Waals surface area contributed by atoms with Crippen molar-refractivity contribution in [3.63, 3.8) is 0 Å². The van der Waals surface area contributed by atoms with Crippen molar-refractivity contribution in [2.75, 3.05) is 13.6 Å². The van der Waals surface area contributed by atoms with Crippen LogP contribution in [0.4, 0.5) is 0 Å². The van der Waals surface area contributed by atoms with Crippen LogP contribution in [0.3, 0.4) is 0 Å². The van der Waals surface area contributed by atoms with E-state index in [1.165, 1.54) is 0 Å². The molecular weight excluding hydrogens is 154 g/mol. The summed E-state index contributed by atoms with van der Waals surface area (Å²) >= 11 is 0. The third-order valence-corrected chi connectivity index (χ3v) is 1.85. The maximum atomic E-state index is 10.5. The largest absolute Gasteiger partial charge is 0.320 e. The normalized spacial score (nSPS) is 12.4. The van der Waals surface area contributed by atoms with Gasteiger partial charge in [-0.1, -0.05) is 0 Å². The Morgan fingerprint density at radius 3 is 2.58 bits per heavy atom. The minimum atomic E-state index is 0.0727. The van der Waals surface area contributed by atoms with E-state index in [0.717, 1.165) is 32.0 Å². The molecule has 70 valence electrons. The molecule has 1 atom stereocenters. The molecule has 0 aliphatic rings. The van der Waals surface area contributed by atoms with E-state index in [9.17, 15) is 9.59 Å². The molecule has 0 bridgehead atoms. The highest BCUT2D eigenvalue weighted by Gasteiger charge is 2.05. The van der Waals surface area contributed by atoms with E-state index in [2.05, 4.69) is 5.32 Å². The maximum absolute atomic E-state index is 10.5. The number of carbonyl (C=O) groups is 2. The molecule has 0 spiro atoms. The van der Waals surface area contributed by atoms with E-state index in [1.54, 1.807) is 0 Å². The van der Waals surface area contributed by atoms with Crippen molar-refractivity contribution in [1.82, 2.24) is 5.32 Å². The number of hydrogen-bond acceptors (Lipinski definition) is 3. The summed E-state index contributed by atoms with van der Waals surface area (Å²) in [5.41, 5.74) is 0. The lowest BCUT2D eigenvalue weighted by atomic mass is 10.00. The van der Waals surface area contributed by atoms with Gasteiger partial charge in [0.05, 0.1) is 0 Å².